The first-order chi connectivity index (χ1) is 6.89. The molecule has 4 nitrogen and oxygen atoms in total. The molecule has 1 heterocycles. The quantitative estimate of drug-likeness (QED) is 0.764. The van der Waals surface area contributed by atoms with Crippen molar-refractivity contribution in [1.29, 1.82) is 0 Å². The van der Waals surface area contributed by atoms with E-state index in [2.05, 4.69) is 4.74 Å². The van der Waals surface area contributed by atoms with Crippen LogP contribution in [0.25, 0.3) is 0 Å². The van der Waals surface area contributed by atoms with Crippen molar-refractivity contribution in [2.45, 2.75) is 23.3 Å². The number of thiophene rings is 1. The molecule has 0 N–H and O–H groups in total. The third-order valence-corrected chi connectivity index (χ3v) is 5.61. The lowest BCUT2D eigenvalue weighted by atomic mass is 10.5. The number of methoxy groups -OCH3 is 1. The standard InChI is InChI=1S/C9H12O4S2/c1-6(2)15(11,12)8-5-4-7(14-8)9(10)13-3/h4-6H,1-3H3. The van der Waals surface area contributed by atoms with E-state index >= 15 is 0 Å². The minimum absolute atomic E-state index is 0.206. The minimum Gasteiger partial charge on any atom is -0.465 e. The Bertz CT molecular complexity index is 456. The summed E-state index contributed by atoms with van der Waals surface area (Å²) in [6.45, 7) is 3.21. The zero-order valence-electron chi connectivity index (χ0n) is 8.68. The van der Waals surface area contributed by atoms with E-state index in [1.807, 2.05) is 0 Å². The van der Waals surface area contributed by atoms with Gasteiger partial charge in [0.2, 0.25) is 0 Å². The topological polar surface area (TPSA) is 60.4 Å². The van der Waals surface area contributed by atoms with Gasteiger partial charge in [0, 0.05) is 0 Å². The summed E-state index contributed by atoms with van der Waals surface area (Å²) in [4.78, 5) is 11.4. The Balaban J connectivity index is 3.10. The molecular formula is C9H12O4S2. The van der Waals surface area contributed by atoms with E-state index in [0.29, 0.717) is 4.88 Å². The van der Waals surface area contributed by atoms with Gasteiger partial charge in [-0.3, -0.25) is 0 Å². The van der Waals surface area contributed by atoms with Crippen molar-refractivity contribution in [1.82, 2.24) is 0 Å². The number of hydrogen-bond donors (Lipinski definition) is 0. The molecule has 0 unspecified atom stereocenters. The smallest absolute Gasteiger partial charge is 0.348 e. The molecule has 0 saturated heterocycles. The van der Waals surface area contributed by atoms with E-state index in [4.69, 9.17) is 0 Å². The summed E-state index contributed by atoms with van der Waals surface area (Å²) in [6, 6.07) is 2.90. The fourth-order valence-electron chi connectivity index (χ4n) is 0.916. The van der Waals surface area contributed by atoms with Gasteiger partial charge in [-0.2, -0.15) is 0 Å². The van der Waals surface area contributed by atoms with Gasteiger partial charge in [-0.25, -0.2) is 13.2 Å². The summed E-state index contributed by atoms with van der Waals surface area (Å²) in [6.07, 6.45) is 0. The molecule has 0 spiro atoms. The fraction of sp³-hybridized carbons (Fsp3) is 0.444. The van der Waals surface area contributed by atoms with E-state index in [0.717, 1.165) is 11.3 Å². The summed E-state index contributed by atoms with van der Waals surface area (Å²) < 4.78 is 28.1. The molecule has 1 rings (SSSR count). The first-order valence-corrected chi connectivity index (χ1v) is 6.68. The Morgan fingerprint density at radius 3 is 2.47 bits per heavy atom. The molecule has 0 amide bonds. The van der Waals surface area contributed by atoms with Gasteiger partial charge in [-0.1, -0.05) is 0 Å². The second-order valence-corrected chi connectivity index (χ2v) is 7.02. The van der Waals surface area contributed by atoms with Crippen LogP contribution in [0.2, 0.25) is 0 Å². The molecule has 0 aliphatic carbocycles. The van der Waals surface area contributed by atoms with Gasteiger partial charge < -0.3 is 4.74 Å². The zero-order chi connectivity index (χ0) is 11.6. The van der Waals surface area contributed by atoms with Crippen molar-refractivity contribution in [2.24, 2.45) is 0 Å². The van der Waals surface area contributed by atoms with E-state index in [9.17, 15) is 13.2 Å². The van der Waals surface area contributed by atoms with Crippen LogP contribution in [0, 0.1) is 0 Å². The predicted molar refractivity (Wildman–Crippen MR) is 58.0 cm³/mol. The van der Waals surface area contributed by atoms with Crippen LogP contribution in [-0.2, 0) is 14.6 Å². The van der Waals surface area contributed by atoms with E-state index in [-0.39, 0.29) is 4.21 Å². The van der Waals surface area contributed by atoms with Gasteiger partial charge >= 0.3 is 5.97 Å². The lowest BCUT2D eigenvalue weighted by molar-refractivity contribution is 0.0606. The minimum atomic E-state index is -3.29. The van der Waals surface area contributed by atoms with Crippen LogP contribution in [-0.4, -0.2) is 26.7 Å². The molecule has 1 aromatic rings. The number of ether oxygens (including phenoxy) is 1. The lowest BCUT2D eigenvalue weighted by Crippen LogP contribution is -2.12. The number of carbonyl (C=O) groups excluding carboxylic acids is 1. The molecule has 1 aromatic heterocycles. The Labute approximate surface area is 92.8 Å². The van der Waals surface area contributed by atoms with Crippen molar-refractivity contribution in [3.8, 4) is 0 Å². The average Bonchev–Trinajstić information content (AvgIpc) is 2.65. The molecule has 6 heteroatoms. The van der Waals surface area contributed by atoms with Gasteiger partial charge in [0.15, 0.2) is 9.84 Å². The highest BCUT2D eigenvalue weighted by Gasteiger charge is 2.22. The van der Waals surface area contributed by atoms with Gasteiger partial charge in [0.05, 0.1) is 12.4 Å². The average molecular weight is 248 g/mol. The number of sulfone groups is 1. The highest BCUT2D eigenvalue weighted by Crippen LogP contribution is 2.25. The highest BCUT2D eigenvalue weighted by atomic mass is 32.2. The van der Waals surface area contributed by atoms with Crippen LogP contribution in [0.1, 0.15) is 23.5 Å². The molecule has 0 saturated carbocycles. The molecule has 0 radical (unpaired) electrons. The molecule has 0 bridgehead atoms. The molecule has 84 valence electrons. The number of rotatable bonds is 3. The van der Waals surface area contributed by atoms with Crippen molar-refractivity contribution < 1.29 is 17.9 Å². The summed E-state index contributed by atoms with van der Waals surface area (Å²) in [5.74, 6) is -0.509. The van der Waals surface area contributed by atoms with Gasteiger partial charge in [-0.05, 0) is 26.0 Å². The molecule has 0 fully saturated rings. The van der Waals surface area contributed by atoms with Gasteiger partial charge in [0.1, 0.15) is 9.09 Å². The number of hydrogen-bond acceptors (Lipinski definition) is 5. The zero-order valence-corrected chi connectivity index (χ0v) is 10.3. The van der Waals surface area contributed by atoms with E-state index in [1.54, 1.807) is 13.8 Å². The predicted octanol–water partition coefficient (Wildman–Crippen LogP) is 1.72. The molecule has 0 aliphatic rings. The Morgan fingerprint density at radius 1 is 1.40 bits per heavy atom. The highest BCUT2D eigenvalue weighted by molar-refractivity contribution is 7.94. The third-order valence-electron chi connectivity index (χ3n) is 1.87. The Kier molecular flexibility index (Phi) is 3.51. The summed E-state index contributed by atoms with van der Waals surface area (Å²) >= 11 is 0.938. The van der Waals surface area contributed by atoms with Crippen molar-refractivity contribution >= 4 is 27.1 Å². The first kappa shape index (κ1) is 12.2. The van der Waals surface area contributed by atoms with E-state index in [1.165, 1.54) is 19.2 Å². The maximum absolute atomic E-state index is 11.7. The monoisotopic (exact) mass is 248 g/mol. The molecule has 0 aliphatic heterocycles. The number of esters is 1. The second kappa shape index (κ2) is 4.32. The molecule has 0 atom stereocenters. The first-order valence-electron chi connectivity index (χ1n) is 4.31. The van der Waals surface area contributed by atoms with Crippen LogP contribution in [0.3, 0.4) is 0 Å². The normalized spacial score (nSPS) is 11.7. The molecule has 0 aromatic carbocycles. The van der Waals surface area contributed by atoms with E-state index < -0.39 is 21.1 Å². The third kappa shape index (κ3) is 2.38. The largest absolute Gasteiger partial charge is 0.465 e. The van der Waals surface area contributed by atoms with Crippen LogP contribution >= 0.6 is 11.3 Å². The second-order valence-electron chi connectivity index (χ2n) is 3.20. The maximum atomic E-state index is 11.7. The van der Waals surface area contributed by atoms with Crippen molar-refractivity contribution in [3.63, 3.8) is 0 Å². The SMILES string of the molecule is COC(=O)c1ccc(S(=O)(=O)C(C)C)s1. The maximum Gasteiger partial charge on any atom is 0.348 e. The number of carbonyl (C=O) groups is 1. The molecule has 15 heavy (non-hydrogen) atoms. The van der Waals surface area contributed by atoms with Crippen LogP contribution < -0.4 is 0 Å². The summed E-state index contributed by atoms with van der Waals surface area (Å²) in [5, 5.41) is -0.485. The summed E-state index contributed by atoms with van der Waals surface area (Å²) in [7, 11) is -2.02. The Hall–Kier alpha value is -0.880. The van der Waals surface area contributed by atoms with Crippen LogP contribution in [0.5, 0.6) is 0 Å². The summed E-state index contributed by atoms with van der Waals surface area (Å²) in [5.41, 5.74) is 0. The van der Waals surface area contributed by atoms with Gasteiger partial charge in [-0.15, -0.1) is 11.3 Å². The van der Waals surface area contributed by atoms with Crippen molar-refractivity contribution in [3.05, 3.63) is 17.0 Å². The van der Waals surface area contributed by atoms with Crippen molar-refractivity contribution in [2.75, 3.05) is 7.11 Å². The van der Waals surface area contributed by atoms with Crippen LogP contribution in [0.4, 0.5) is 0 Å². The molecular weight excluding hydrogens is 236 g/mol. The lowest BCUT2D eigenvalue weighted by Gasteiger charge is -2.03. The van der Waals surface area contributed by atoms with Gasteiger partial charge in [0.25, 0.3) is 0 Å². The Morgan fingerprint density at radius 2 is 2.00 bits per heavy atom. The fourth-order valence-corrected chi connectivity index (χ4v) is 3.60. The van der Waals surface area contributed by atoms with Crippen LogP contribution in [0.15, 0.2) is 16.3 Å².